The zero-order chi connectivity index (χ0) is 15.8. The summed E-state index contributed by atoms with van der Waals surface area (Å²) in [6, 6.07) is 2.57. The quantitative estimate of drug-likeness (QED) is 0.679. The molecule has 0 atom stereocenters. The first-order valence-corrected chi connectivity index (χ1v) is 5.76. The Kier molecular flexibility index (Phi) is 6.73. The molecule has 0 aliphatic heterocycles. The summed E-state index contributed by atoms with van der Waals surface area (Å²) in [5.74, 6) is -1.69. The second kappa shape index (κ2) is 7.74. The summed E-state index contributed by atoms with van der Waals surface area (Å²) >= 11 is 0. The van der Waals surface area contributed by atoms with Crippen molar-refractivity contribution in [3.05, 3.63) is 0 Å². The predicted molar refractivity (Wildman–Crippen MR) is 67.0 cm³/mol. The molecule has 8 heteroatoms. The van der Waals surface area contributed by atoms with Gasteiger partial charge in [0.15, 0.2) is 0 Å². The van der Waals surface area contributed by atoms with E-state index in [4.69, 9.17) is 15.6 Å². The molecule has 3 amide bonds. The molecule has 0 aliphatic rings. The number of imide groups is 1. The Bertz CT molecular complexity index is 457. The van der Waals surface area contributed by atoms with Gasteiger partial charge in [-0.2, -0.15) is 10.5 Å². The van der Waals surface area contributed by atoms with Crippen LogP contribution in [0.4, 0.5) is 4.79 Å². The normalized spacial score (nSPS) is 10.0. The number of carbonyl (C=O) groups is 3. The summed E-state index contributed by atoms with van der Waals surface area (Å²) in [6.07, 6.45) is -0.368. The van der Waals surface area contributed by atoms with Gasteiger partial charge in [-0.3, -0.25) is 19.8 Å². The van der Waals surface area contributed by atoms with E-state index in [0.717, 1.165) is 4.90 Å². The van der Waals surface area contributed by atoms with Gasteiger partial charge in [-0.15, -0.1) is 0 Å². The van der Waals surface area contributed by atoms with Gasteiger partial charge in [-0.1, -0.05) is 13.8 Å². The number of hydrogen-bond acceptors (Lipinski definition) is 5. The third kappa shape index (κ3) is 6.97. The van der Waals surface area contributed by atoms with Gasteiger partial charge in [0, 0.05) is 6.42 Å². The van der Waals surface area contributed by atoms with E-state index in [-0.39, 0.29) is 25.9 Å². The van der Waals surface area contributed by atoms with Gasteiger partial charge < -0.3 is 5.11 Å². The smallest absolute Gasteiger partial charge is 0.325 e. The molecule has 0 rings (SSSR count). The largest absolute Gasteiger partial charge is 0.481 e. The van der Waals surface area contributed by atoms with Crippen LogP contribution >= 0.6 is 0 Å². The number of carboxylic acids is 1. The molecule has 0 aromatic heterocycles. The number of aliphatic carboxylic acids is 1. The molecule has 20 heavy (non-hydrogen) atoms. The van der Waals surface area contributed by atoms with Crippen molar-refractivity contribution < 1.29 is 19.5 Å². The monoisotopic (exact) mass is 280 g/mol. The van der Waals surface area contributed by atoms with Crippen LogP contribution in [0.25, 0.3) is 0 Å². The third-order valence-electron chi connectivity index (χ3n) is 2.33. The van der Waals surface area contributed by atoms with Crippen LogP contribution < -0.4 is 5.32 Å². The molecule has 0 bridgehead atoms. The molecule has 0 saturated carbocycles. The van der Waals surface area contributed by atoms with Crippen LogP contribution in [-0.4, -0.2) is 41.0 Å². The highest BCUT2D eigenvalue weighted by atomic mass is 16.4. The van der Waals surface area contributed by atoms with Crippen molar-refractivity contribution >= 4 is 17.9 Å². The van der Waals surface area contributed by atoms with Crippen LogP contribution in [0, 0.1) is 28.1 Å². The van der Waals surface area contributed by atoms with Crippen LogP contribution in [0.3, 0.4) is 0 Å². The maximum absolute atomic E-state index is 11.6. The molecule has 0 fully saturated rings. The maximum atomic E-state index is 11.6. The van der Waals surface area contributed by atoms with E-state index in [1.165, 1.54) is 0 Å². The molecule has 0 aromatic rings. The Morgan fingerprint density at radius 2 is 1.65 bits per heavy atom. The molecular formula is C12H16N4O4. The van der Waals surface area contributed by atoms with Crippen LogP contribution in [0.1, 0.15) is 26.7 Å². The molecule has 0 spiro atoms. The second-order valence-corrected chi connectivity index (χ2v) is 4.94. The Labute approximate surface area is 116 Å². The number of urea groups is 1. The van der Waals surface area contributed by atoms with Crippen LogP contribution in [0.5, 0.6) is 0 Å². The molecule has 0 aliphatic carbocycles. The molecule has 108 valence electrons. The Balaban J connectivity index is 4.53. The minimum atomic E-state index is -1.04. The SMILES string of the molecule is CC(C)(CC(=O)O)CC(=O)NC(=O)N(CC#N)CC#N. The molecule has 2 N–H and O–H groups in total. The highest BCUT2D eigenvalue weighted by Gasteiger charge is 2.26. The van der Waals surface area contributed by atoms with E-state index in [2.05, 4.69) is 0 Å². The number of amides is 3. The highest BCUT2D eigenvalue weighted by Crippen LogP contribution is 2.24. The van der Waals surface area contributed by atoms with Gasteiger partial charge >= 0.3 is 12.0 Å². The van der Waals surface area contributed by atoms with Crippen molar-refractivity contribution in [1.82, 2.24) is 10.2 Å². The standard InChI is InChI=1S/C12H16N4O4/c1-12(2,8-10(18)19)7-9(17)15-11(20)16(5-3-13)6-4-14/h5-8H2,1-2H3,(H,18,19)(H,15,17,20). The summed E-state index contributed by atoms with van der Waals surface area (Å²) in [6.45, 7) is 2.55. The minimum Gasteiger partial charge on any atom is -0.481 e. The first-order chi connectivity index (χ1) is 9.21. The lowest BCUT2D eigenvalue weighted by Gasteiger charge is -2.22. The molecule has 0 saturated heterocycles. The van der Waals surface area contributed by atoms with Crippen molar-refractivity contribution in [2.24, 2.45) is 5.41 Å². The van der Waals surface area contributed by atoms with Crippen LogP contribution in [0.15, 0.2) is 0 Å². The van der Waals surface area contributed by atoms with E-state index in [1.807, 2.05) is 5.32 Å². The Morgan fingerprint density at radius 1 is 1.15 bits per heavy atom. The van der Waals surface area contributed by atoms with E-state index in [9.17, 15) is 14.4 Å². The number of carboxylic acid groups (broad SMARTS) is 1. The average Bonchev–Trinajstić information content (AvgIpc) is 2.25. The van der Waals surface area contributed by atoms with Crippen molar-refractivity contribution in [3.8, 4) is 12.1 Å². The maximum Gasteiger partial charge on any atom is 0.325 e. The predicted octanol–water partition coefficient (Wildman–Crippen LogP) is 0.463. The fourth-order valence-electron chi connectivity index (χ4n) is 1.52. The van der Waals surface area contributed by atoms with Crippen LogP contribution in [-0.2, 0) is 9.59 Å². The molecule has 0 heterocycles. The lowest BCUT2D eigenvalue weighted by atomic mass is 9.85. The first-order valence-electron chi connectivity index (χ1n) is 5.76. The van der Waals surface area contributed by atoms with Crippen molar-refractivity contribution in [1.29, 1.82) is 10.5 Å². The fraction of sp³-hybridized carbons (Fsp3) is 0.583. The van der Waals surface area contributed by atoms with Crippen LogP contribution in [0.2, 0.25) is 0 Å². The molecule has 0 aromatic carbocycles. The van der Waals surface area contributed by atoms with Gasteiger partial charge in [0.05, 0.1) is 18.6 Å². The van der Waals surface area contributed by atoms with Gasteiger partial charge in [0.25, 0.3) is 0 Å². The lowest BCUT2D eigenvalue weighted by Crippen LogP contribution is -2.44. The lowest BCUT2D eigenvalue weighted by molar-refractivity contribution is -0.139. The molecular weight excluding hydrogens is 264 g/mol. The average molecular weight is 280 g/mol. The summed E-state index contributed by atoms with van der Waals surface area (Å²) in [7, 11) is 0. The first kappa shape index (κ1) is 17.4. The second-order valence-electron chi connectivity index (χ2n) is 4.94. The minimum absolute atomic E-state index is 0.155. The highest BCUT2D eigenvalue weighted by molar-refractivity contribution is 5.94. The zero-order valence-corrected chi connectivity index (χ0v) is 11.3. The molecule has 0 radical (unpaired) electrons. The van der Waals surface area contributed by atoms with E-state index >= 15 is 0 Å². The number of nitriles is 2. The van der Waals surface area contributed by atoms with Gasteiger partial charge in [-0.05, 0) is 5.41 Å². The van der Waals surface area contributed by atoms with Crippen molar-refractivity contribution in [2.75, 3.05) is 13.1 Å². The number of nitrogens with one attached hydrogen (secondary N) is 1. The third-order valence-corrected chi connectivity index (χ3v) is 2.33. The summed E-state index contributed by atoms with van der Waals surface area (Å²) in [5, 5.41) is 27.7. The number of carbonyl (C=O) groups excluding carboxylic acids is 2. The fourth-order valence-corrected chi connectivity index (χ4v) is 1.52. The molecule has 8 nitrogen and oxygen atoms in total. The van der Waals surface area contributed by atoms with E-state index in [1.54, 1.807) is 26.0 Å². The van der Waals surface area contributed by atoms with E-state index < -0.39 is 23.3 Å². The Morgan fingerprint density at radius 3 is 2.05 bits per heavy atom. The van der Waals surface area contributed by atoms with Crippen molar-refractivity contribution in [3.63, 3.8) is 0 Å². The molecule has 0 unspecified atom stereocenters. The Hall–Kier alpha value is -2.61. The van der Waals surface area contributed by atoms with E-state index in [0.29, 0.717) is 0 Å². The summed E-state index contributed by atoms with van der Waals surface area (Å²) < 4.78 is 0. The number of hydrogen-bond donors (Lipinski definition) is 2. The summed E-state index contributed by atoms with van der Waals surface area (Å²) in [4.78, 5) is 34.8. The van der Waals surface area contributed by atoms with Gasteiger partial charge in [0.2, 0.25) is 5.91 Å². The zero-order valence-electron chi connectivity index (χ0n) is 11.3. The van der Waals surface area contributed by atoms with Crippen molar-refractivity contribution in [2.45, 2.75) is 26.7 Å². The number of nitrogens with zero attached hydrogens (tertiary/aromatic N) is 3. The van der Waals surface area contributed by atoms with Gasteiger partial charge in [0.1, 0.15) is 13.1 Å². The number of rotatable bonds is 6. The van der Waals surface area contributed by atoms with Gasteiger partial charge in [-0.25, -0.2) is 4.79 Å². The topological polar surface area (TPSA) is 134 Å². The summed E-state index contributed by atoms with van der Waals surface area (Å²) in [5.41, 5.74) is -0.800.